The average Bonchev–Trinajstić information content (AvgIpc) is 3.24. The van der Waals surface area contributed by atoms with E-state index in [1.54, 1.807) is 16.0 Å². The molecule has 0 unspecified atom stereocenters. The van der Waals surface area contributed by atoms with Crippen LogP contribution < -0.4 is 5.32 Å². The van der Waals surface area contributed by atoms with Gasteiger partial charge in [-0.05, 0) is 30.7 Å². The number of thiazole rings is 1. The third-order valence-electron chi connectivity index (χ3n) is 3.50. The Hall–Kier alpha value is -2.32. The minimum absolute atomic E-state index is 0.710. The minimum atomic E-state index is 0.710. The second-order valence-corrected chi connectivity index (χ2v) is 6.78. The summed E-state index contributed by atoms with van der Waals surface area (Å²) >= 11 is 2.87. The highest BCUT2D eigenvalue weighted by atomic mass is 32.1. The fourth-order valence-corrected chi connectivity index (χ4v) is 3.81. The number of hydrogen-bond acceptors (Lipinski definition) is 7. The molecule has 116 valence electrons. The quantitative estimate of drug-likeness (QED) is 0.615. The summed E-state index contributed by atoms with van der Waals surface area (Å²) in [6.07, 6.45) is 1.94. The van der Waals surface area contributed by atoms with Crippen LogP contribution in [0, 0.1) is 6.92 Å². The monoisotopic (exact) mass is 342 g/mol. The molecule has 0 atom stereocenters. The van der Waals surface area contributed by atoms with Crippen LogP contribution >= 0.6 is 23.1 Å². The molecule has 0 aliphatic heterocycles. The first-order valence-electron chi connectivity index (χ1n) is 7.11. The van der Waals surface area contributed by atoms with Crippen molar-refractivity contribution in [1.82, 2.24) is 23.5 Å². The molecule has 1 aromatic carbocycles. The second-order valence-electron chi connectivity index (χ2n) is 5.25. The first kappa shape index (κ1) is 14.3. The molecule has 1 N–H and O–H groups in total. The van der Waals surface area contributed by atoms with Crippen molar-refractivity contribution in [2.75, 3.05) is 5.32 Å². The maximum absolute atomic E-state index is 4.60. The zero-order valence-corrected chi connectivity index (χ0v) is 14.3. The maximum Gasteiger partial charge on any atom is 0.183 e. The van der Waals surface area contributed by atoms with Crippen molar-refractivity contribution >= 4 is 39.2 Å². The van der Waals surface area contributed by atoms with Crippen molar-refractivity contribution in [3.8, 4) is 10.6 Å². The Bertz CT molecular complexity index is 967. The first-order chi connectivity index (χ1) is 11.2. The van der Waals surface area contributed by atoms with Crippen LogP contribution in [0.15, 0.2) is 30.5 Å². The van der Waals surface area contributed by atoms with Crippen LogP contribution in [0.3, 0.4) is 0 Å². The Morgan fingerprint density at radius 2 is 2.04 bits per heavy atom. The van der Waals surface area contributed by atoms with E-state index in [0.717, 1.165) is 38.0 Å². The summed E-state index contributed by atoms with van der Waals surface area (Å²) in [5, 5.41) is 8.73. The van der Waals surface area contributed by atoms with E-state index in [4.69, 9.17) is 0 Å². The summed E-state index contributed by atoms with van der Waals surface area (Å²) in [6.45, 7) is 2.72. The van der Waals surface area contributed by atoms with Gasteiger partial charge in [0.25, 0.3) is 0 Å². The normalized spacial score (nSPS) is 11.2. The predicted octanol–water partition coefficient (Wildman–Crippen LogP) is 3.47. The number of nitrogens with one attached hydrogen (secondary N) is 1. The molecule has 0 radical (unpaired) electrons. The van der Waals surface area contributed by atoms with Crippen LogP contribution in [-0.2, 0) is 13.6 Å². The molecular weight excluding hydrogens is 328 g/mol. The fraction of sp³-hybridized carbons (Fsp3) is 0.200. The van der Waals surface area contributed by atoms with Gasteiger partial charge in [-0.3, -0.25) is 4.68 Å². The third-order valence-corrected chi connectivity index (χ3v) is 5.20. The molecule has 8 heteroatoms. The number of aromatic nitrogens is 5. The van der Waals surface area contributed by atoms with Crippen LogP contribution in [0.5, 0.6) is 0 Å². The number of benzene rings is 1. The molecule has 0 bridgehead atoms. The summed E-state index contributed by atoms with van der Waals surface area (Å²) in [6, 6.07) is 8.14. The molecule has 4 rings (SSSR count). The summed E-state index contributed by atoms with van der Waals surface area (Å²) in [4.78, 5) is 5.70. The molecule has 3 aromatic heterocycles. The molecule has 0 saturated carbocycles. The molecule has 0 fully saturated rings. The lowest BCUT2D eigenvalue weighted by molar-refractivity contribution is 0.771. The Kier molecular flexibility index (Phi) is 3.55. The van der Waals surface area contributed by atoms with Crippen LogP contribution in [0.2, 0.25) is 0 Å². The SMILES string of the molecule is Cc1nc(NCc2ccc3nsnc3c2)sc1-c1ccn(C)n1. The van der Waals surface area contributed by atoms with Gasteiger partial charge in [0.2, 0.25) is 0 Å². The lowest BCUT2D eigenvalue weighted by Crippen LogP contribution is -1.98. The van der Waals surface area contributed by atoms with E-state index in [-0.39, 0.29) is 0 Å². The number of hydrogen-bond donors (Lipinski definition) is 1. The zero-order chi connectivity index (χ0) is 15.8. The Balaban J connectivity index is 1.52. The van der Waals surface area contributed by atoms with E-state index in [2.05, 4.69) is 36.3 Å². The fourth-order valence-electron chi connectivity index (χ4n) is 2.36. The molecule has 0 spiro atoms. The molecule has 3 heterocycles. The van der Waals surface area contributed by atoms with Gasteiger partial charge in [0.1, 0.15) is 16.7 Å². The van der Waals surface area contributed by atoms with E-state index in [1.807, 2.05) is 32.3 Å². The second kappa shape index (κ2) is 5.71. The molecule has 6 nitrogen and oxygen atoms in total. The summed E-state index contributed by atoms with van der Waals surface area (Å²) in [5.74, 6) is 0. The Morgan fingerprint density at radius 3 is 2.87 bits per heavy atom. The molecule has 0 aliphatic rings. The summed E-state index contributed by atoms with van der Waals surface area (Å²) < 4.78 is 10.3. The van der Waals surface area contributed by atoms with Gasteiger partial charge in [0.05, 0.1) is 22.3 Å². The highest BCUT2D eigenvalue weighted by molar-refractivity contribution is 7.19. The number of nitrogens with zero attached hydrogens (tertiary/aromatic N) is 5. The first-order valence-corrected chi connectivity index (χ1v) is 8.66. The molecule has 0 aliphatic carbocycles. The smallest absolute Gasteiger partial charge is 0.183 e. The molecule has 0 amide bonds. The van der Waals surface area contributed by atoms with Gasteiger partial charge >= 0.3 is 0 Å². The average molecular weight is 342 g/mol. The van der Waals surface area contributed by atoms with Gasteiger partial charge in [-0.25, -0.2) is 4.98 Å². The lowest BCUT2D eigenvalue weighted by Gasteiger charge is -2.02. The van der Waals surface area contributed by atoms with Crippen molar-refractivity contribution < 1.29 is 0 Å². The van der Waals surface area contributed by atoms with Gasteiger partial charge in [-0.15, -0.1) is 0 Å². The largest absolute Gasteiger partial charge is 0.357 e. The van der Waals surface area contributed by atoms with E-state index >= 15 is 0 Å². The molecule has 0 saturated heterocycles. The van der Waals surface area contributed by atoms with E-state index in [9.17, 15) is 0 Å². The predicted molar refractivity (Wildman–Crippen MR) is 93.8 cm³/mol. The zero-order valence-electron chi connectivity index (χ0n) is 12.6. The maximum atomic E-state index is 4.60. The third kappa shape index (κ3) is 2.82. The van der Waals surface area contributed by atoms with Crippen LogP contribution in [0.4, 0.5) is 5.13 Å². The van der Waals surface area contributed by atoms with Crippen LogP contribution in [0.25, 0.3) is 21.6 Å². The molecule has 4 aromatic rings. The standard InChI is InChI=1S/C15H14N6S2/c1-9-14(12-5-6-21(2)18-12)22-15(17-9)16-8-10-3-4-11-13(7-10)20-23-19-11/h3-7H,8H2,1-2H3,(H,16,17). The van der Waals surface area contributed by atoms with Crippen LogP contribution in [-0.4, -0.2) is 23.5 Å². The van der Waals surface area contributed by atoms with Crippen LogP contribution in [0.1, 0.15) is 11.3 Å². The van der Waals surface area contributed by atoms with E-state index in [1.165, 1.54) is 11.7 Å². The molecule has 23 heavy (non-hydrogen) atoms. The van der Waals surface area contributed by atoms with Crippen molar-refractivity contribution in [2.24, 2.45) is 7.05 Å². The van der Waals surface area contributed by atoms with Crippen molar-refractivity contribution in [3.05, 3.63) is 41.7 Å². The van der Waals surface area contributed by atoms with Gasteiger partial charge in [0, 0.05) is 19.8 Å². The van der Waals surface area contributed by atoms with Crippen molar-refractivity contribution in [2.45, 2.75) is 13.5 Å². The Morgan fingerprint density at radius 1 is 1.17 bits per heavy atom. The van der Waals surface area contributed by atoms with Gasteiger partial charge in [-0.1, -0.05) is 17.4 Å². The highest BCUT2D eigenvalue weighted by Gasteiger charge is 2.12. The lowest BCUT2D eigenvalue weighted by atomic mass is 10.2. The highest BCUT2D eigenvalue weighted by Crippen LogP contribution is 2.31. The van der Waals surface area contributed by atoms with Gasteiger partial charge < -0.3 is 5.32 Å². The Labute approximate surface area is 141 Å². The number of rotatable bonds is 4. The summed E-state index contributed by atoms with van der Waals surface area (Å²) in [7, 11) is 1.92. The minimum Gasteiger partial charge on any atom is -0.357 e. The van der Waals surface area contributed by atoms with E-state index < -0.39 is 0 Å². The van der Waals surface area contributed by atoms with Gasteiger partial charge in [0.15, 0.2) is 5.13 Å². The number of fused-ring (bicyclic) bond motifs is 1. The topological polar surface area (TPSA) is 68.5 Å². The summed E-state index contributed by atoms with van der Waals surface area (Å²) in [5.41, 5.74) is 5.01. The van der Waals surface area contributed by atoms with Crippen molar-refractivity contribution in [3.63, 3.8) is 0 Å². The number of anilines is 1. The molecular formula is C15H14N6S2. The van der Waals surface area contributed by atoms with Crippen molar-refractivity contribution in [1.29, 1.82) is 0 Å². The van der Waals surface area contributed by atoms with E-state index in [0.29, 0.717) is 6.54 Å². The number of aryl methyl sites for hydroxylation is 2. The van der Waals surface area contributed by atoms with Gasteiger partial charge in [-0.2, -0.15) is 13.8 Å².